The van der Waals surface area contributed by atoms with E-state index in [1.165, 1.54) is 11.3 Å². The molecule has 1 saturated heterocycles. The lowest BCUT2D eigenvalue weighted by molar-refractivity contribution is -0.120. The zero-order chi connectivity index (χ0) is 22.8. The number of carbonyl (C=O) groups excluding carboxylic acids is 3. The third-order valence-corrected chi connectivity index (χ3v) is 6.56. The minimum atomic E-state index is -0.512. The molecule has 10 heteroatoms. The summed E-state index contributed by atoms with van der Waals surface area (Å²) in [5.41, 5.74) is 0.642. The number of amides is 4. The van der Waals surface area contributed by atoms with Crippen LogP contribution in [0.4, 0.5) is 15.5 Å². The van der Waals surface area contributed by atoms with E-state index in [1.54, 1.807) is 23.1 Å². The summed E-state index contributed by atoms with van der Waals surface area (Å²) in [6, 6.07) is 6.03. The fraction of sp³-hybridized carbons (Fsp3) is 0.381. The number of halogens is 2. The molecule has 1 aliphatic rings. The van der Waals surface area contributed by atoms with Crippen molar-refractivity contribution in [2.75, 3.05) is 30.3 Å². The molecule has 166 valence electrons. The summed E-state index contributed by atoms with van der Waals surface area (Å²) in [6.07, 6.45) is 0.251. The molecule has 0 bridgehead atoms. The van der Waals surface area contributed by atoms with E-state index >= 15 is 0 Å². The normalized spacial score (nSPS) is 14.6. The molecule has 3 N–H and O–H groups in total. The lowest BCUT2D eigenvalue weighted by atomic mass is 9.94. The molecule has 0 spiro atoms. The topological polar surface area (TPSA) is 90.5 Å². The zero-order valence-corrected chi connectivity index (χ0v) is 19.8. The summed E-state index contributed by atoms with van der Waals surface area (Å²) >= 11 is 13.3. The van der Waals surface area contributed by atoms with Crippen molar-refractivity contribution in [1.29, 1.82) is 0 Å². The van der Waals surface area contributed by atoms with Gasteiger partial charge in [0.05, 0.1) is 5.56 Å². The molecule has 2 heterocycles. The van der Waals surface area contributed by atoms with Crippen LogP contribution in [-0.4, -0.2) is 42.4 Å². The first-order valence-corrected chi connectivity index (χ1v) is 11.3. The van der Waals surface area contributed by atoms with Gasteiger partial charge in [-0.25, -0.2) is 4.79 Å². The molecular formula is C21H24Cl2N4O3S. The minimum absolute atomic E-state index is 0.0751. The molecule has 4 amide bonds. The van der Waals surface area contributed by atoms with Gasteiger partial charge < -0.3 is 15.5 Å². The Labute approximate surface area is 195 Å². The number of nitrogens with one attached hydrogen (secondary N) is 3. The van der Waals surface area contributed by atoms with Gasteiger partial charge in [0.15, 0.2) is 0 Å². The van der Waals surface area contributed by atoms with Crippen molar-refractivity contribution in [3.05, 3.63) is 44.8 Å². The van der Waals surface area contributed by atoms with Crippen molar-refractivity contribution < 1.29 is 14.4 Å². The Morgan fingerprint density at radius 1 is 1.06 bits per heavy atom. The second kappa shape index (κ2) is 9.46. The van der Waals surface area contributed by atoms with Gasteiger partial charge in [-0.3, -0.25) is 14.9 Å². The summed E-state index contributed by atoms with van der Waals surface area (Å²) in [5.74, 6) is -0.293. The standard InChI is InChI=1S/C21H24Cl2N4O3S/c1-21(2,3)16-11-15(19(29)27-6-4-17(28)24-5-7-27)18(31-16)26-20(30)25-14-9-12(22)8-13(23)10-14/h8-11H,4-7H2,1-3H3,(H,24,28)(H2,25,26,30). The first-order valence-electron chi connectivity index (χ1n) is 9.77. The monoisotopic (exact) mass is 482 g/mol. The molecule has 1 aromatic heterocycles. The second-order valence-electron chi connectivity index (χ2n) is 8.23. The van der Waals surface area contributed by atoms with Crippen LogP contribution in [0.3, 0.4) is 0 Å². The molecule has 0 aliphatic carbocycles. The van der Waals surface area contributed by atoms with E-state index in [4.69, 9.17) is 23.2 Å². The number of carbonyl (C=O) groups is 3. The molecule has 0 radical (unpaired) electrons. The number of rotatable bonds is 3. The van der Waals surface area contributed by atoms with E-state index in [2.05, 4.69) is 16.0 Å². The zero-order valence-electron chi connectivity index (χ0n) is 17.5. The number of hydrogen-bond acceptors (Lipinski definition) is 4. The number of benzene rings is 1. The van der Waals surface area contributed by atoms with Crippen molar-refractivity contribution in [2.24, 2.45) is 0 Å². The van der Waals surface area contributed by atoms with E-state index in [1.807, 2.05) is 26.8 Å². The number of urea groups is 1. The number of hydrogen-bond donors (Lipinski definition) is 3. The third kappa shape index (κ3) is 6.12. The lowest BCUT2D eigenvalue weighted by Gasteiger charge is -2.20. The van der Waals surface area contributed by atoms with Crippen LogP contribution in [0.2, 0.25) is 10.0 Å². The largest absolute Gasteiger partial charge is 0.354 e. The van der Waals surface area contributed by atoms with E-state index < -0.39 is 6.03 Å². The quantitative estimate of drug-likeness (QED) is 0.577. The predicted molar refractivity (Wildman–Crippen MR) is 126 cm³/mol. The van der Waals surface area contributed by atoms with Crippen LogP contribution in [0.5, 0.6) is 0 Å². The van der Waals surface area contributed by atoms with Crippen molar-refractivity contribution in [3.8, 4) is 0 Å². The summed E-state index contributed by atoms with van der Waals surface area (Å²) in [5, 5.41) is 9.48. The van der Waals surface area contributed by atoms with Crippen LogP contribution in [0.15, 0.2) is 24.3 Å². The Balaban J connectivity index is 1.84. The van der Waals surface area contributed by atoms with Crippen LogP contribution < -0.4 is 16.0 Å². The SMILES string of the molecule is CC(C)(C)c1cc(C(=O)N2CCNC(=O)CC2)c(NC(=O)Nc2cc(Cl)cc(Cl)c2)s1. The number of anilines is 2. The van der Waals surface area contributed by atoms with Crippen LogP contribution in [0.25, 0.3) is 0 Å². The van der Waals surface area contributed by atoms with Gasteiger partial charge in [0.1, 0.15) is 5.00 Å². The van der Waals surface area contributed by atoms with Gasteiger partial charge in [-0.05, 0) is 29.7 Å². The number of nitrogens with zero attached hydrogens (tertiary/aromatic N) is 1. The molecule has 1 fully saturated rings. The maximum absolute atomic E-state index is 13.2. The highest BCUT2D eigenvalue weighted by Crippen LogP contribution is 2.37. The lowest BCUT2D eigenvalue weighted by Crippen LogP contribution is -2.34. The molecule has 31 heavy (non-hydrogen) atoms. The van der Waals surface area contributed by atoms with E-state index in [-0.39, 0.29) is 23.7 Å². The first kappa shape index (κ1) is 23.4. The molecule has 7 nitrogen and oxygen atoms in total. The molecular weight excluding hydrogens is 459 g/mol. The average Bonchev–Trinajstić information content (AvgIpc) is 2.94. The van der Waals surface area contributed by atoms with Gasteiger partial charge in [-0.2, -0.15) is 0 Å². The van der Waals surface area contributed by atoms with Crippen molar-refractivity contribution >= 4 is 63.1 Å². The summed E-state index contributed by atoms with van der Waals surface area (Å²) in [6.45, 7) is 7.27. The molecule has 1 aliphatic heterocycles. The minimum Gasteiger partial charge on any atom is -0.354 e. The molecule has 0 atom stereocenters. The summed E-state index contributed by atoms with van der Waals surface area (Å²) in [4.78, 5) is 40.1. The fourth-order valence-electron chi connectivity index (χ4n) is 3.04. The van der Waals surface area contributed by atoms with Crippen molar-refractivity contribution in [1.82, 2.24) is 10.2 Å². The van der Waals surface area contributed by atoms with Crippen LogP contribution in [0, 0.1) is 0 Å². The molecule has 0 saturated carbocycles. The Morgan fingerprint density at radius 3 is 2.39 bits per heavy atom. The maximum atomic E-state index is 13.2. The highest BCUT2D eigenvalue weighted by molar-refractivity contribution is 7.16. The Morgan fingerprint density at radius 2 is 1.74 bits per heavy atom. The van der Waals surface area contributed by atoms with Crippen LogP contribution in [0.1, 0.15) is 42.4 Å². The first-order chi connectivity index (χ1) is 14.5. The van der Waals surface area contributed by atoms with Gasteiger partial charge in [0.2, 0.25) is 5.91 Å². The van der Waals surface area contributed by atoms with Gasteiger partial charge in [0, 0.05) is 46.7 Å². The highest BCUT2D eigenvalue weighted by atomic mass is 35.5. The average molecular weight is 483 g/mol. The summed E-state index contributed by atoms with van der Waals surface area (Å²) in [7, 11) is 0. The van der Waals surface area contributed by atoms with Crippen molar-refractivity contribution in [3.63, 3.8) is 0 Å². The summed E-state index contributed by atoms with van der Waals surface area (Å²) < 4.78 is 0. The molecule has 1 aromatic carbocycles. The van der Waals surface area contributed by atoms with E-state index in [9.17, 15) is 14.4 Å². The Bertz CT molecular complexity index is 996. The van der Waals surface area contributed by atoms with Gasteiger partial charge in [-0.1, -0.05) is 44.0 Å². The second-order valence-corrected chi connectivity index (χ2v) is 10.2. The van der Waals surface area contributed by atoms with Gasteiger partial charge in [0.25, 0.3) is 5.91 Å². The molecule has 3 rings (SSSR count). The van der Waals surface area contributed by atoms with E-state index in [0.29, 0.717) is 45.9 Å². The van der Waals surface area contributed by atoms with E-state index in [0.717, 1.165) is 4.88 Å². The third-order valence-electron chi connectivity index (χ3n) is 4.65. The molecule has 0 unspecified atom stereocenters. The smallest absolute Gasteiger partial charge is 0.324 e. The van der Waals surface area contributed by atoms with Crippen molar-refractivity contribution in [2.45, 2.75) is 32.6 Å². The van der Waals surface area contributed by atoms with Gasteiger partial charge in [-0.15, -0.1) is 11.3 Å². The van der Waals surface area contributed by atoms with Crippen LogP contribution >= 0.6 is 34.5 Å². The fourth-order valence-corrected chi connectivity index (χ4v) is 4.67. The molecule has 2 aromatic rings. The number of thiophene rings is 1. The van der Waals surface area contributed by atoms with Gasteiger partial charge >= 0.3 is 6.03 Å². The maximum Gasteiger partial charge on any atom is 0.324 e. The Kier molecular flexibility index (Phi) is 7.13. The highest BCUT2D eigenvalue weighted by Gasteiger charge is 2.27. The predicted octanol–water partition coefficient (Wildman–Crippen LogP) is 4.96. The Hall–Kier alpha value is -2.29. The van der Waals surface area contributed by atoms with Crippen LogP contribution in [-0.2, 0) is 10.2 Å².